The lowest BCUT2D eigenvalue weighted by Gasteiger charge is -2.27. The molecule has 388 valence electrons. The van der Waals surface area contributed by atoms with Crippen LogP contribution in [0.5, 0.6) is 11.5 Å². The van der Waals surface area contributed by atoms with Crippen LogP contribution in [-0.4, -0.2) is 97.4 Å². The van der Waals surface area contributed by atoms with Crippen LogP contribution in [0.1, 0.15) is 43.0 Å². The lowest BCUT2D eigenvalue weighted by atomic mass is 10.1. The number of esters is 4. The molecular formula is C52H47N5O14S4. The Kier molecular flexibility index (Phi) is 19.4. The minimum Gasteiger partial charge on any atom is -0.460 e. The third-order valence-electron chi connectivity index (χ3n) is 10.2. The number of benzene rings is 3. The van der Waals surface area contributed by atoms with Gasteiger partial charge in [-0.15, -0.1) is 0 Å². The number of carbonyl (C=O) groups excluding carboxylic acids is 8. The first kappa shape index (κ1) is 56.4. The van der Waals surface area contributed by atoms with E-state index in [1.807, 2.05) is 54.6 Å². The topological polar surface area (TPSA) is 246 Å². The first-order chi connectivity index (χ1) is 35.8. The quantitative estimate of drug-likeness (QED) is 0.0254. The van der Waals surface area contributed by atoms with Gasteiger partial charge in [0.1, 0.15) is 38.1 Å². The number of rotatable bonds is 21. The van der Waals surface area contributed by atoms with Gasteiger partial charge in [0.2, 0.25) is 0 Å². The molecule has 6 rings (SSSR count). The third kappa shape index (κ3) is 14.0. The van der Waals surface area contributed by atoms with Crippen molar-refractivity contribution in [2.24, 2.45) is 0 Å². The van der Waals surface area contributed by atoms with Gasteiger partial charge in [0.15, 0.2) is 17.1 Å². The smallest absolute Gasteiger partial charge is 0.412 e. The number of thioether (sulfide) groups is 4. The molecule has 0 aliphatic carbocycles. The summed E-state index contributed by atoms with van der Waals surface area (Å²) in [7, 11) is 0. The van der Waals surface area contributed by atoms with Gasteiger partial charge in [-0.05, 0) is 43.0 Å². The van der Waals surface area contributed by atoms with Crippen molar-refractivity contribution in [1.29, 1.82) is 5.26 Å². The summed E-state index contributed by atoms with van der Waals surface area (Å²) in [5.74, 6) is -4.93. The van der Waals surface area contributed by atoms with Crippen molar-refractivity contribution in [3.05, 3.63) is 140 Å². The summed E-state index contributed by atoms with van der Waals surface area (Å²) in [6, 6.07) is 16.4. The molecule has 0 aromatic heterocycles. The number of nitrogens with zero attached hydrogens (tertiary/aromatic N) is 3. The van der Waals surface area contributed by atoms with E-state index < -0.39 is 60.1 Å². The van der Waals surface area contributed by atoms with Crippen LogP contribution in [-0.2, 0) is 60.8 Å². The van der Waals surface area contributed by atoms with E-state index in [4.69, 9.17) is 28.4 Å². The molecule has 3 aliphatic rings. The predicted octanol–water partition coefficient (Wildman–Crippen LogP) is 8.38. The van der Waals surface area contributed by atoms with Gasteiger partial charge in [-0.1, -0.05) is 141 Å². The van der Waals surface area contributed by atoms with Crippen LogP contribution in [0.15, 0.2) is 137 Å². The summed E-state index contributed by atoms with van der Waals surface area (Å²) in [5.41, 5.74) is 2.68. The molecule has 19 nitrogen and oxygen atoms in total. The van der Waals surface area contributed by atoms with Crippen LogP contribution in [0.2, 0.25) is 0 Å². The molecular weight excluding hydrogens is 1050 g/mol. The predicted molar refractivity (Wildman–Crippen MR) is 280 cm³/mol. The minimum atomic E-state index is -1.11. The van der Waals surface area contributed by atoms with E-state index in [0.717, 1.165) is 58.2 Å². The fourth-order valence-electron chi connectivity index (χ4n) is 6.45. The summed E-state index contributed by atoms with van der Waals surface area (Å²) in [6.07, 6.45) is 1.22. The molecule has 4 amide bonds. The van der Waals surface area contributed by atoms with E-state index in [1.165, 1.54) is 30.8 Å². The normalized spacial score (nSPS) is 13.2. The molecule has 0 unspecified atom stereocenters. The van der Waals surface area contributed by atoms with E-state index in [0.29, 0.717) is 11.1 Å². The number of hydrazine groups is 1. The zero-order chi connectivity index (χ0) is 54.5. The van der Waals surface area contributed by atoms with Gasteiger partial charge in [-0.25, -0.2) is 38.8 Å². The highest BCUT2D eigenvalue weighted by molar-refractivity contribution is 8.26. The number of ether oxygens (including phenoxy) is 6. The molecule has 3 aromatic rings. The van der Waals surface area contributed by atoms with Crippen LogP contribution in [0.25, 0.3) is 12.2 Å². The van der Waals surface area contributed by atoms with E-state index >= 15 is 0 Å². The highest BCUT2D eigenvalue weighted by Crippen LogP contribution is 2.68. The second-order valence-corrected chi connectivity index (χ2v) is 20.6. The van der Waals surface area contributed by atoms with Crippen molar-refractivity contribution in [3.8, 4) is 17.6 Å². The maximum atomic E-state index is 14.8. The summed E-state index contributed by atoms with van der Waals surface area (Å²) in [6.45, 7) is 20.7. The highest BCUT2D eigenvalue weighted by atomic mass is 32.2. The minimum absolute atomic E-state index is 0.00251. The maximum absolute atomic E-state index is 14.8. The Hall–Kier alpha value is -7.91. The number of amides is 4. The van der Waals surface area contributed by atoms with Gasteiger partial charge >= 0.3 is 36.1 Å². The summed E-state index contributed by atoms with van der Waals surface area (Å²) in [4.78, 5) is 107. The van der Waals surface area contributed by atoms with Gasteiger partial charge in [-0.3, -0.25) is 9.59 Å². The molecule has 3 aromatic carbocycles. The Balaban J connectivity index is 1.44. The van der Waals surface area contributed by atoms with Crippen molar-refractivity contribution < 1.29 is 66.8 Å². The summed E-state index contributed by atoms with van der Waals surface area (Å²) >= 11 is 3.31. The molecule has 23 heteroatoms. The number of hydrogen-bond acceptors (Lipinski definition) is 19. The first-order valence-electron chi connectivity index (χ1n) is 22.3. The number of nitrogens with one attached hydrogen (secondary N) is 2. The molecule has 1 saturated heterocycles. The highest BCUT2D eigenvalue weighted by Gasteiger charge is 2.47. The van der Waals surface area contributed by atoms with Gasteiger partial charge in [0, 0.05) is 16.7 Å². The molecule has 2 N–H and O–H groups in total. The third-order valence-corrected chi connectivity index (χ3v) is 15.4. The summed E-state index contributed by atoms with van der Waals surface area (Å²) < 4.78 is 32.5. The average Bonchev–Trinajstić information content (AvgIpc) is 4.08. The Morgan fingerprint density at radius 3 is 1.29 bits per heavy atom. The van der Waals surface area contributed by atoms with Crippen molar-refractivity contribution in [2.75, 3.05) is 39.5 Å². The van der Waals surface area contributed by atoms with Crippen molar-refractivity contribution >= 4 is 107 Å². The standard InChI is InChI=1S/C52H47N5O14S4/c1-9-31-11-15-33(16-12-31)26-56-43(58)36(44(59)57(56)27-34-17-13-32(10-2)14-18-34)50-74-41-37(70-51(64)54-19-21-66-45(60)28(3)4)39-40(38(42(41)75-50)71-52(65)55-20-22-67-46(61)29(5)6)73-49(72-39)35(25-53)48(63)69-24-23-68-47(62)30(7)8/h9-18H,1-3,5,7,19-24,26-27H2,4,6,8H3,(H,54,64)(H,55,65). The number of nitriles is 1. The Labute approximate surface area is 448 Å². The zero-order valence-corrected chi connectivity index (χ0v) is 43.9. The SMILES string of the molecule is C=Cc1ccc(CN2C(=O)C(=C3Sc4c(OC(=O)NCCOC(=O)C(=C)C)c5c(c(OC(=O)NCCOC(=O)C(=C)C)c4S3)SC(=C(C#N)C(=O)OCCOC(=O)C(=C)C)S5)C(=O)N2Cc2ccc(C=C)cc2)cc1. The van der Waals surface area contributed by atoms with Crippen molar-refractivity contribution in [3.63, 3.8) is 0 Å². The molecule has 3 aliphatic heterocycles. The average molecular weight is 1090 g/mol. The Bertz CT molecular complexity index is 2890. The van der Waals surface area contributed by atoms with Crippen LogP contribution in [0.4, 0.5) is 9.59 Å². The van der Waals surface area contributed by atoms with Crippen molar-refractivity contribution in [1.82, 2.24) is 20.7 Å². The Morgan fingerprint density at radius 1 is 0.573 bits per heavy atom. The molecule has 0 bridgehead atoms. The zero-order valence-electron chi connectivity index (χ0n) is 40.7. The molecule has 3 heterocycles. The van der Waals surface area contributed by atoms with E-state index in [2.05, 4.69) is 43.5 Å². The Morgan fingerprint density at radius 2 is 0.933 bits per heavy atom. The van der Waals surface area contributed by atoms with E-state index in [9.17, 15) is 43.6 Å². The van der Waals surface area contributed by atoms with Crippen LogP contribution in [0.3, 0.4) is 0 Å². The number of hydrogen-bond donors (Lipinski definition) is 2. The fourth-order valence-corrected chi connectivity index (χ4v) is 11.9. The lowest BCUT2D eigenvalue weighted by molar-refractivity contribution is -0.149. The molecule has 1 fully saturated rings. The molecule has 0 atom stereocenters. The summed E-state index contributed by atoms with van der Waals surface area (Å²) in [5, 5.41) is 18.0. The molecule has 75 heavy (non-hydrogen) atoms. The van der Waals surface area contributed by atoms with E-state index in [1.54, 1.807) is 12.2 Å². The van der Waals surface area contributed by atoms with Crippen LogP contribution in [0, 0.1) is 11.3 Å². The monoisotopic (exact) mass is 1090 g/mol. The number of fused-ring (bicyclic) bond motifs is 2. The first-order valence-corrected chi connectivity index (χ1v) is 25.6. The van der Waals surface area contributed by atoms with E-state index in [-0.39, 0.29) is 108 Å². The van der Waals surface area contributed by atoms with Gasteiger partial charge < -0.3 is 39.1 Å². The van der Waals surface area contributed by atoms with Gasteiger partial charge in [0.05, 0.1) is 54.2 Å². The molecule has 0 saturated carbocycles. The molecule has 0 radical (unpaired) electrons. The fraction of sp³-hybridized carbons (Fsp3) is 0.212. The number of carbonyl (C=O) groups is 8. The van der Waals surface area contributed by atoms with Crippen molar-refractivity contribution in [2.45, 2.75) is 53.4 Å². The second-order valence-electron chi connectivity index (χ2n) is 16.0. The molecule has 0 spiro atoms. The maximum Gasteiger partial charge on any atom is 0.412 e. The van der Waals surface area contributed by atoms with Crippen LogP contribution < -0.4 is 20.1 Å². The lowest BCUT2D eigenvalue weighted by Crippen LogP contribution is -2.39. The largest absolute Gasteiger partial charge is 0.460 e. The van der Waals surface area contributed by atoms with Crippen LogP contribution >= 0.6 is 47.0 Å². The van der Waals surface area contributed by atoms with Gasteiger partial charge in [-0.2, -0.15) is 5.26 Å². The van der Waals surface area contributed by atoms with Gasteiger partial charge in [0.25, 0.3) is 11.8 Å². The second kappa shape index (κ2) is 25.8.